The quantitative estimate of drug-likeness (QED) is 0.540. The summed E-state index contributed by atoms with van der Waals surface area (Å²) < 4.78 is 5.57. The van der Waals surface area contributed by atoms with E-state index in [1.54, 1.807) is 12.1 Å². The van der Waals surface area contributed by atoms with E-state index < -0.39 is 7.12 Å². The van der Waals surface area contributed by atoms with Crippen molar-refractivity contribution in [1.82, 2.24) is 25.5 Å². The Morgan fingerprint density at radius 1 is 1.41 bits per heavy atom. The van der Waals surface area contributed by atoms with Gasteiger partial charge in [-0.2, -0.15) is 4.80 Å². The average molecular weight is 369 g/mol. The fourth-order valence-corrected chi connectivity index (χ4v) is 3.39. The standard InChI is InChI=1S/C17H20BN5O4/c1-10(24)15-4-2-3-11-5-12(18(26)27-17(11)15)6-14(25)7-16-20-22-23(21-16)13-8-19-9-13/h2-4,12-13,19,26H,5-9H2,1H3/t12-/m1/s1. The van der Waals surface area contributed by atoms with Gasteiger partial charge in [-0.05, 0) is 30.2 Å². The van der Waals surface area contributed by atoms with Gasteiger partial charge >= 0.3 is 7.12 Å². The topological polar surface area (TPSA) is 119 Å². The molecule has 10 heteroatoms. The van der Waals surface area contributed by atoms with Gasteiger partial charge in [-0.3, -0.25) is 9.59 Å². The van der Waals surface area contributed by atoms with E-state index in [4.69, 9.17) is 4.65 Å². The Morgan fingerprint density at radius 2 is 2.22 bits per heavy atom. The minimum absolute atomic E-state index is 0.0731. The molecule has 0 saturated carbocycles. The summed E-state index contributed by atoms with van der Waals surface area (Å²) in [6, 6.07) is 5.51. The van der Waals surface area contributed by atoms with Gasteiger partial charge in [-0.1, -0.05) is 12.1 Å². The van der Waals surface area contributed by atoms with Gasteiger partial charge in [-0.25, -0.2) is 0 Å². The lowest BCUT2D eigenvalue weighted by molar-refractivity contribution is -0.118. The monoisotopic (exact) mass is 369 g/mol. The number of nitrogens with zero attached hydrogens (tertiary/aromatic N) is 4. The number of aromatic nitrogens is 4. The van der Waals surface area contributed by atoms with Crippen LogP contribution in [-0.4, -0.2) is 57.0 Å². The molecule has 0 amide bonds. The van der Waals surface area contributed by atoms with Crippen LogP contribution in [-0.2, 0) is 17.6 Å². The van der Waals surface area contributed by atoms with Crippen molar-refractivity contribution in [3.05, 3.63) is 35.2 Å². The number of fused-ring (bicyclic) bond motifs is 1. The molecule has 1 atom stereocenters. The van der Waals surface area contributed by atoms with Crippen LogP contribution in [0, 0.1) is 0 Å². The third kappa shape index (κ3) is 3.63. The van der Waals surface area contributed by atoms with Gasteiger partial charge in [0.2, 0.25) is 0 Å². The van der Waals surface area contributed by atoms with Crippen LogP contribution in [0.25, 0.3) is 0 Å². The van der Waals surface area contributed by atoms with Crippen LogP contribution in [0.4, 0.5) is 0 Å². The van der Waals surface area contributed by atoms with Gasteiger partial charge in [0, 0.05) is 25.3 Å². The normalized spacial score (nSPS) is 19.2. The first-order valence-electron chi connectivity index (χ1n) is 8.99. The lowest BCUT2D eigenvalue weighted by Gasteiger charge is -2.28. The van der Waals surface area contributed by atoms with Crippen molar-refractivity contribution < 1.29 is 19.3 Å². The number of hydrogen-bond donors (Lipinski definition) is 2. The van der Waals surface area contributed by atoms with Crippen LogP contribution in [0.1, 0.15) is 41.1 Å². The van der Waals surface area contributed by atoms with Crippen molar-refractivity contribution in [1.29, 1.82) is 0 Å². The lowest BCUT2D eigenvalue weighted by Crippen LogP contribution is -2.44. The van der Waals surface area contributed by atoms with E-state index in [0.717, 1.165) is 18.7 Å². The Balaban J connectivity index is 1.40. The molecular formula is C17H20BN5O4. The van der Waals surface area contributed by atoms with E-state index in [1.807, 2.05) is 6.07 Å². The fourth-order valence-electron chi connectivity index (χ4n) is 3.39. The number of ketones is 2. The highest BCUT2D eigenvalue weighted by molar-refractivity contribution is 6.47. The van der Waals surface area contributed by atoms with Gasteiger partial charge in [0.25, 0.3) is 0 Å². The fraction of sp³-hybridized carbons (Fsp3) is 0.471. The maximum absolute atomic E-state index is 12.4. The third-order valence-corrected chi connectivity index (χ3v) is 5.00. The van der Waals surface area contributed by atoms with Gasteiger partial charge in [0.05, 0.1) is 18.0 Å². The molecule has 0 bridgehead atoms. The molecule has 3 heterocycles. The predicted octanol–water partition coefficient (Wildman–Crippen LogP) is 0.00750. The Kier molecular flexibility index (Phi) is 4.75. The summed E-state index contributed by atoms with van der Waals surface area (Å²) in [4.78, 5) is 25.7. The van der Waals surface area contributed by atoms with E-state index in [-0.39, 0.29) is 36.3 Å². The molecule has 0 radical (unpaired) electrons. The Bertz CT molecular complexity index is 882. The number of carbonyl (C=O) groups excluding carboxylic acids is 2. The molecule has 0 aliphatic carbocycles. The van der Waals surface area contributed by atoms with Crippen molar-refractivity contribution in [2.24, 2.45) is 0 Å². The number of tetrazole rings is 1. The van der Waals surface area contributed by atoms with Crippen LogP contribution >= 0.6 is 0 Å². The second-order valence-corrected chi connectivity index (χ2v) is 7.08. The summed E-state index contributed by atoms with van der Waals surface area (Å²) in [7, 11) is -1.13. The van der Waals surface area contributed by atoms with Crippen LogP contribution in [0.15, 0.2) is 18.2 Å². The highest BCUT2D eigenvalue weighted by Crippen LogP contribution is 2.36. The van der Waals surface area contributed by atoms with Crippen LogP contribution in [0.5, 0.6) is 5.75 Å². The lowest BCUT2D eigenvalue weighted by atomic mass is 9.64. The molecule has 9 nitrogen and oxygen atoms in total. The Labute approximate surface area is 156 Å². The van der Waals surface area contributed by atoms with E-state index in [1.165, 1.54) is 11.7 Å². The molecule has 1 aromatic heterocycles. The molecule has 27 heavy (non-hydrogen) atoms. The maximum atomic E-state index is 12.4. The molecular weight excluding hydrogens is 349 g/mol. The van der Waals surface area contributed by atoms with E-state index >= 15 is 0 Å². The number of carbonyl (C=O) groups is 2. The number of nitrogens with one attached hydrogen (secondary N) is 1. The molecule has 140 valence electrons. The SMILES string of the molecule is CC(=O)c1cccc2c1OB(O)[C@@H](CC(=O)Cc1nnn(C3CNC3)n1)C2. The first-order chi connectivity index (χ1) is 13.0. The van der Waals surface area contributed by atoms with Crippen LogP contribution in [0.3, 0.4) is 0 Å². The average Bonchev–Trinajstić information content (AvgIpc) is 3.00. The second kappa shape index (κ2) is 7.20. The zero-order valence-corrected chi connectivity index (χ0v) is 15.0. The number of Topliss-reactive ketones (excluding diaryl/α,β-unsaturated/α-hetero) is 2. The maximum Gasteiger partial charge on any atom is 0.526 e. The van der Waals surface area contributed by atoms with E-state index in [0.29, 0.717) is 23.6 Å². The molecule has 1 aromatic carbocycles. The molecule has 0 spiro atoms. The highest BCUT2D eigenvalue weighted by atomic mass is 16.5. The van der Waals surface area contributed by atoms with E-state index in [2.05, 4.69) is 20.7 Å². The van der Waals surface area contributed by atoms with Gasteiger partial charge < -0.3 is 15.0 Å². The largest absolute Gasteiger partial charge is 0.535 e. The summed E-state index contributed by atoms with van der Waals surface area (Å²) in [6.07, 6.45) is 0.686. The minimum Gasteiger partial charge on any atom is -0.535 e. The minimum atomic E-state index is -1.13. The number of rotatable bonds is 6. The molecule has 2 aromatic rings. The Hall–Kier alpha value is -2.59. The summed E-state index contributed by atoms with van der Waals surface area (Å²) >= 11 is 0. The number of hydrogen-bond acceptors (Lipinski definition) is 8. The van der Waals surface area contributed by atoms with Crippen LogP contribution < -0.4 is 9.97 Å². The van der Waals surface area contributed by atoms with Gasteiger partial charge in [0.15, 0.2) is 11.6 Å². The molecule has 0 unspecified atom stereocenters. The predicted molar refractivity (Wildman–Crippen MR) is 95.6 cm³/mol. The van der Waals surface area contributed by atoms with Crippen molar-refractivity contribution in [3.63, 3.8) is 0 Å². The summed E-state index contributed by atoms with van der Waals surface area (Å²) in [5, 5.41) is 25.6. The molecule has 2 N–H and O–H groups in total. The van der Waals surface area contributed by atoms with Crippen molar-refractivity contribution in [2.75, 3.05) is 13.1 Å². The zero-order valence-electron chi connectivity index (χ0n) is 15.0. The smallest absolute Gasteiger partial charge is 0.526 e. The van der Waals surface area contributed by atoms with Gasteiger partial charge in [-0.15, -0.1) is 10.2 Å². The first kappa shape index (κ1) is 17.8. The second-order valence-electron chi connectivity index (χ2n) is 7.08. The highest BCUT2D eigenvalue weighted by Gasteiger charge is 2.37. The van der Waals surface area contributed by atoms with Crippen molar-refractivity contribution in [2.45, 2.75) is 38.0 Å². The summed E-state index contributed by atoms with van der Waals surface area (Å²) in [6.45, 7) is 3.06. The van der Waals surface area contributed by atoms with E-state index in [9.17, 15) is 14.6 Å². The molecule has 2 aliphatic heterocycles. The molecule has 4 rings (SSSR count). The summed E-state index contributed by atoms with van der Waals surface area (Å²) in [5.41, 5.74) is 1.27. The third-order valence-electron chi connectivity index (χ3n) is 5.00. The number of benzene rings is 1. The molecule has 1 fully saturated rings. The van der Waals surface area contributed by atoms with Crippen molar-refractivity contribution >= 4 is 18.7 Å². The van der Waals surface area contributed by atoms with Crippen LogP contribution in [0.2, 0.25) is 5.82 Å². The Morgan fingerprint density at radius 3 is 2.93 bits per heavy atom. The summed E-state index contributed by atoms with van der Waals surface area (Å²) in [5.74, 6) is 0.222. The van der Waals surface area contributed by atoms with Gasteiger partial charge in [0.1, 0.15) is 11.5 Å². The van der Waals surface area contributed by atoms with Crippen molar-refractivity contribution in [3.8, 4) is 5.75 Å². The first-order valence-corrected chi connectivity index (χ1v) is 8.99. The number of para-hydroxylation sites is 1. The molecule has 1 saturated heterocycles. The zero-order chi connectivity index (χ0) is 19.0. The molecule has 2 aliphatic rings.